The zero-order chi connectivity index (χ0) is 10.7. The van der Waals surface area contributed by atoms with E-state index in [1.165, 1.54) is 0 Å². The minimum Gasteiger partial charge on any atom is -0.194 e. The normalized spacial score (nSPS) is 36.6. The van der Waals surface area contributed by atoms with E-state index in [9.17, 15) is 33.9 Å². The molecule has 1 aliphatic rings. The quantitative estimate of drug-likeness (QED) is 0.364. The lowest BCUT2D eigenvalue weighted by Gasteiger charge is -2.35. The van der Waals surface area contributed by atoms with Crippen LogP contribution in [0.15, 0.2) is 0 Å². The summed E-state index contributed by atoms with van der Waals surface area (Å²) in [6.07, 6.45) is -5.22. The molecular weight excluding hydrogens is 244 g/mol. The Morgan fingerprint density at radius 2 is 1.54 bits per heavy atom. The molecule has 0 N–H and O–H groups in total. The van der Waals surface area contributed by atoms with Gasteiger partial charge in [-0.15, -0.1) is 3.89 Å². The van der Waals surface area contributed by atoms with Crippen LogP contribution in [0, 0.1) is 0 Å². The van der Waals surface area contributed by atoms with E-state index in [0.717, 1.165) is 0 Å². The maximum Gasteiger partial charge on any atom is 0.452 e. The Hall–Kier alpha value is -0.420. The van der Waals surface area contributed by atoms with Gasteiger partial charge in [0, 0.05) is 0 Å². The molecule has 1 rings (SSSR count). The zero-order valence-corrected chi connectivity index (χ0v) is 7.00. The van der Waals surface area contributed by atoms with Gasteiger partial charge in [-0.1, -0.05) is 0 Å². The Kier molecular flexibility index (Phi) is 1.76. The molecule has 0 amide bonds. The van der Waals surface area contributed by atoms with E-state index >= 15 is 0 Å². The molecule has 1 unspecified atom stereocenters. The van der Waals surface area contributed by atoms with Gasteiger partial charge in [0.2, 0.25) is 0 Å². The maximum absolute atomic E-state index is 12.5. The smallest absolute Gasteiger partial charge is 0.194 e. The molecule has 1 fully saturated rings. The Morgan fingerprint density at radius 1 is 1.15 bits per heavy atom. The molecule has 78 valence electrons. The van der Waals surface area contributed by atoms with Gasteiger partial charge in [0.15, 0.2) is 0 Å². The van der Waals surface area contributed by atoms with E-state index < -0.39 is 30.8 Å². The van der Waals surface area contributed by atoms with Gasteiger partial charge in [-0.25, -0.2) is 0 Å². The molecule has 0 bridgehead atoms. The third kappa shape index (κ3) is 1.00. The van der Waals surface area contributed by atoms with Crippen LogP contribution in [0.4, 0.5) is 17.1 Å². The second kappa shape index (κ2) is 2.15. The Morgan fingerprint density at radius 3 is 1.62 bits per heavy atom. The minimum atomic E-state index is -6.61. The lowest BCUT2D eigenvalue weighted by molar-refractivity contribution is -0.249. The third-order valence-electron chi connectivity index (χ3n) is 1.20. The van der Waals surface area contributed by atoms with Crippen molar-refractivity contribution in [2.75, 3.05) is 0 Å². The van der Waals surface area contributed by atoms with Crippen LogP contribution in [0.1, 0.15) is 0 Å². The molecule has 1 aliphatic heterocycles. The van der Waals surface area contributed by atoms with Crippen molar-refractivity contribution in [2.24, 2.45) is 0 Å². The fraction of sp³-hybridized carbons (Fsp3) is 1.00. The average Bonchev–Trinajstić information content (AvgIpc) is 1.80. The predicted molar refractivity (Wildman–Crippen MR) is 28.8 cm³/mol. The summed E-state index contributed by atoms with van der Waals surface area (Å²) in [6.45, 7) is 0. The topological polar surface area (TPSA) is 77.5 Å². The first-order chi connectivity index (χ1) is 5.46. The molecule has 1 heterocycles. The van der Waals surface area contributed by atoms with Crippen LogP contribution in [0.3, 0.4) is 0 Å². The lowest BCUT2D eigenvalue weighted by Crippen LogP contribution is -2.67. The number of alkyl halides is 3. The summed E-state index contributed by atoms with van der Waals surface area (Å²) < 4.78 is 85.4. The molecule has 1 saturated heterocycles. The van der Waals surface area contributed by atoms with Gasteiger partial charge in [0.25, 0.3) is 0 Å². The van der Waals surface area contributed by atoms with Crippen LogP contribution in [-0.4, -0.2) is 27.3 Å². The van der Waals surface area contributed by atoms with Crippen molar-refractivity contribution in [3.63, 3.8) is 0 Å². The molecule has 0 radical (unpaired) electrons. The first kappa shape index (κ1) is 10.7. The van der Waals surface area contributed by atoms with E-state index in [1.54, 1.807) is 0 Å². The highest BCUT2D eigenvalue weighted by Gasteiger charge is 2.87. The number of hydrogen-bond acceptors (Lipinski definition) is 5. The van der Waals surface area contributed by atoms with Crippen LogP contribution in [0.25, 0.3) is 0 Å². The summed E-state index contributed by atoms with van der Waals surface area (Å²) in [6, 6.07) is 0. The zero-order valence-electron chi connectivity index (χ0n) is 5.37. The Balaban J connectivity index is 3.47. The summed E-state index contributed by atoms with van der Waals surface area (Å²) in [7, 11) is -12.4. The van der Waals surface area contributed by atoms with Crippen LogP contribution in [0.5, 0.6) is 0 Å². The van der Waals surface area contributed by atoms with E-state index in [-0.39, 0.29) is 0 Å². The predicted octanol–water partition coefficient (Wildman–Crippen LogP) is -0.138. The molecule has 5 nitrogen and oxygen atoms in total. The fourth-order valence-corrected chi connectivity index (χ4v) is 2.79. The molecular formula is C2F4O5S2. The summed E-state index contributed by atoms with van der Waals surface area (Å²) in [5.74, 6) is 0. The average molecular weight is 244 g/mol. The molecule has 11 heteroatoms. The monoisotopic (exact) mass is 244 g/mol. The van der Waals surface area contributed by atoms with Gasteiger partial charge >= 0.3 is 30.8 Å². The number of hydrogen-bond donors (Lipinski definition) is 0. The summed E-state index contributed by atoms with van der Waals surface area (Å²) in [5.41, 5.74) is 0. The van der Waals surface area contributed by atoms with Crippen LogP contribution < -0.4 is 0 Å². The van der Waals surface area contributed by atoms with Gasteiger partial charge in [-0.2, -0.15) is 34.2 Å². The Bertz CT molecular complexity index is 411. The second-order valence-electron chi connectivity index (χ2n) is 2.03. The highest BCUT2D eigenvalue weighted by Crippen LogP contribution is 2.54. The van der Waals surface area contributed by atoms with Crippen LogP contribution in [0.2, 0.25) is 0 Å². The highest BCUT2D eigenvalue weighted by atomic mass is 32.3. The molecule has 0 aliphatic carbocycles. The number of halogens is 4. The highest BCUT2D eigenvalue weighted by molar-refractivity contribution is 8.06. The standard InChI is InChI=1S/C2F4O5S2/c3-1(4)2(5,12(6,7)8)13(9,10)11-1. The molecule has 0 spiro atoms. The maximum atomic E-state index is 12.5. The lowest BCUT2D eigenvalue weighted by atomic mass is 10.7. The molecule has 0 aromatic rings. The van der Waals surface area contributed by atoms with Crippen molar-refractivity contribution in [1.29, 1.82) is 0 Å². The second-order valence-corrected chi connectivity index (χ2v) is 5.36. The minimum absolute atomic E-state index is 2.60. The molecule has 13 heavy (non-hydrogen) atoms. The van der Waals surface area contributed by atoms with Crippen molar-refractivity contribution >= 4 is 20.3 Å². The van der Waals surface area contributed by atoms with E-state index in [1.807, 2.05) is 0 Å². The fourth-order valence-electron chi connectivity index (χ4n) is 0.616. The summed E-state index contributed by atoms with van der Waals surface area (Å²) in [5, 5.41) is 0. The molecule has 0 aromatic heterocycles. The molecule has 0 aromatic carbocycles. The van der Waals surface area contributed by atoms with E-state index in [2.05, 4.69) is 4.18 Å². The largest absolute Gasteiger partial charge is 0.452 e. The van der Waals surface area contributed by atoms with Gasteiger partial charge in [-0.3, -0.25) is 0 Å². The SMILES string of the molecule is O=S(=O)(F)C1(F)C(F)(F)OS1(=O)=O. The van der Waals surface area contributed by atoms with Crippen molar-refractivity contribution in [1.82, 2.24) is 0 Å². The van der Waals surface area contributed by atoms with Crippen LogP contribution >= 0.6 is 0 Å². The molecule has 0 saturated carbocycles. The van der Waals surface area contributed by atoms with Gasteiger partial charge in [0.1, 0.15) is 0 Å². The first-order valence-corrected chi connectivity index (χ1v) is 5.21. The van der Waals surface area contributed by atoms with Gasteiger partial charge in [-0.05, 0) is 0 Å². The van der Waals surface area contributed by atoms with Crippen LogP contribution in [-0.2, 0) is 24.5 Å². The van der Waals surface area contributed by atoms with Gasteiger partial charge < -0.3 is 0 Å². The van der Waals surface area contributed by atoms with Crippen molar-refractivity contribution in [3.05, 3.63) is 0 Å². The van der Waals surface area contributed by atoms with Gasteiger partial charge in [0.05, 0.1) is 0 Å². The summed E-state index contributed by atoms with van der Waals surface area (Å²) in [4.78, 5) is 0. The molecule has 1 atom stereocenters. The summed E-state index contributed by atoms with van der Waals surface area (Å²) >= 11 is 0. The van der Waals surface area contributed by atoms with Crippen molar-refractivity contribution in [2.45, 2.75) is 10.4 Å². The first-order valence-electron chi connectivity index (χ1n) is 2.42. The van der Waals surface area contributed by atoms with E-state index in [4.69, 9.17) is 0 Å². The van der Waals surface area contributed by atoms with Crippen molar-refractivity contribution in [3.8, 4) is 0 Å². The van der Waals surface area contributed by atoms with Crippen molar-refractivity contribution < 1.29 is 38.1 Å². The number of rotatable bonds is 1. The Labute approximate surface area is 69.6 Å². The third-order valence-corrected chi connectivity index (χ3v) is 4.58. The van der Waals surface area contributed by atoms with E-state index in [0.29, 0.717) is 0 Å².